The maximum absolute atomic E-state index is 12.0. The van der Waals surface area contributed by atoms with Gasteiger partial charge in [-0.1, -0.05) is 0 Å². The normalized spacial score (nSPS) is 18.9. The Balaban J connectivity index is 1.91. The molecule has 0 unspecified atom stereocenters. The number of nitrogens with zero attached hydrogens (tertiary/aromatic N) is 5. The van der Waals surface area contributed by atoms with Gasteiger partial charge in [-0.2, -0.15) is 0 Å². The van der Waals surface area contributed by atoms with Crippen LogP contribution < -0.4 is 4.90 Å². The van der Waals surface area contributed by atoms with Crippen LogP contribution in [0.4, 0.5) is 5.82 Å². The Morgan fingerprint density at radius 1 is 1.30 bits per heavy atom. The van der Waals surface area contributed by atoms with Crippen molar-refractivity contribution in [2.24, 2.45) is 0 Å². The van der Waals surface area contributed by atoms with E-state index in [4.69, 9.17) is 0 Å². The molecule has 0 amide bonds. The molecule has 3 heterocycles. The average molecular weight is 333 g/mol. The van der Waals surface area contributed by atoms with Crippen molar-refractivity contribution in [2.45, 2.75) is 30.6 Å². The first kappa shape index (κ1) is 15.8. The van der Waals surface area contributed by atoms with E-state index in [1.54, 1.807) is 6.20 Å². The molecule has 2 aromatic rings. The van der Waals surface area contributed by atoms with Gasteiger partial charge in [0, 0.05) is 37.7 Å². The Morgan fingerprint density at radius 2 is 2.13 bits per heavy atom. The van der Waals surface area contributed by atoms with E-state index in [1.165, 1.54) is 18.8 Å². The highest BCUT2D eigenvalue weighted by Gasteiger charge is 2.28. The molecule has 1 atom stereocenters. The van der Waals surface area contributed by atoms with Crippen molar-refractivity contribution in [1.29, 1.82) is 0 Å². The Labute approximate surface area is 135 Å². The Kier molecular flexibility index (Phi) is 4.25. The lowest BCUT2D eigenvalue weighted by molar-refractivity contribution is 0.489. The third-order valence-corrected chi connectivity index (χ3v) is 5.11. The van der Waals surface area contributed by atoms with Crippen molar-refractivity contribution < 1.29 is 8.42 Å². The first-order chi connectivity index (χ1) is 10.9. The molecule has 3 rings (SSSR count). The Morgan fingerprint density at radius 3 is 2.87 bits per heavy atom. The number of aromatic nitrogens is 4. The van der Waals surface area contributed by atoms with E-state index in [0.29, 0.717) is 12.2 Å². The van der Waals surface area contributed by atoms with Gasteiger partial charge in [-0.25, -0.2) is 28.4 Å². The Hall–Kier alpha value is -2.09. The number of anilines is 1. The number of rotatable bonds is 3. The van der Waals surface area contributed by atoms with Gasteiger partial charge in [-0.3, -0.25) is 0 Å². The third-order valence-electron chi connectivity index (χ3n) is 4.00. The predicted molar refractivity (Wildman–Crippen MR) is 86.1 cm³/mol. The molecule has 2 aromatic heterocycles. The van der Waals surface area contributed by atoms with Gasteiger partial charge in [-0.15, -0.1) is 0 Å². The Bertz CT molecular complexity index is 809. The lowest BCUT2D eigenvalue weighted by atomic mass is 9.94. The molecular formula is C15H19N5O2S. The third kappa shape index (κ3) is 3.47. The number of aryl methyl sites for hydroxylation is 1. The van der Waals surface area contributed by atoms with Crippen molar-refractivity contribution >= 4 is 15.7 Å². The lowest BCUT2D eigenvalue weighted by Gasteiger charge is -2.33. The zero-order valence-electron chi connectivity index (χ0n) is 13.2. The highest BCUT2D eigenvalue weighted by molar-refractivity contribution is 7.90. The van der Waals surface area contributed by atoms with Crippen LogP contribution in [0, 0.1) is 6.92 Å². The predicted octanol–water partition coefficient (Wildman–Crippen LogP) is 1.36. The van der Waals surface area contributed by atoms with Gasteiger partial charge in [0.05, 0.1) is 5.69 Å². The lowest BCUT2D eigenvalue weighted by Crippen LogP contribution is -2.35. The van der Waals surface area contributed by atoms with E-state index in [0.717, 1.165) is 31.0 Å². The number of piperidine rings is 1. The zero-order chi connectivity index (χ0) is 16.4. The molecule has 0 bridgehead atoms. The standard InChI is InChI=1S/C15H19N5O2S/c1-11-17-6-5-14(19-11)20-7-3-4-12(9-20)15-13(23(2,21)22)8-16-10-18-15/h5-6,8,10,12H,3-4,7,9H2,1-2H3/t12-/m0/s1. The summed E-state index contributed by atoms with van der Waals surface area (Å²) in [7, 11) is -3.34. The van der Waals surface area contributed by atoms with Gasteiger partial charge >= 0.3 is 0 Å². The van der Waals surface area contributed by atoms with Crippen LogP contribution in [0.1, 0.15) is 30.3 Å². The molecule has 7 nitrogen and oxygen atoms in total. The minimum absolute atomic E-state index is 0.0479. The number of hydrogen-bond acceptors (Lipinski definition) is 7. The van der Waals surface area contributed by atoms with Crippen LogP contribution in [0.5, 0.6) is 0 Å². The highest BCUT2D eigenvalue weighted by atomic mass is 32.2. The van der Waals surface area contributed by atoms with E-state index in [9.17, 15) is 8.42 Å². The van der Waals surface area contributed by atoms with Crippen molar-refractivity contribution in [3.8, 4) is 0 Å². The molecule has 0 aliphatic carbocycles. The molecule has 1 aliphatic rings. The maximum atomic E-state index is 12.0. The van der Waals surface area contributed by atoms with Crippen LogP contribution >= 0.6 is 0 Å². The smallest absolute Gasteiger partial charge is 0.178 e. The van der Waals surface area contributed by atoms with E-state index < -0.39 is 9.84 Å². The summed E-state index contributed by atoms with van der Waals surface area (Å²) in [5.41, 5.74) is 0.609. The van der Waals surface area contributed by atoms with Crippen LogP contribution in [-0.2, 0) is 9.84 Å². The molecule has 1 saturated heterocycles. The van der Waals surface area contributed by atoms with Gasteiger partial charge in [-0.05, 0) is 25.8 Å². The van der Waals surface area contributed by atoms with Gasteiger partial charge in [0.25, 0.3) is 0 Å². The first-order valence-electron chi connectivity index (χ1n) is 7.49. The molecular weight excluding hydrogens is 314 g/mol. The minimum Gasteiger partial charge on any atom is -0.356 e. The van der Waals surface area contributed by atoms with Crippen molar-refractivity contribution in [3.63, 3.8) is 0 Å². The molecule has 0 radical (unpaired) electrons. The largest absolute Gasteiger partial charge is 0.356 e. The summed E-state index contributed by atoms with van der Waals surface area (Å²) in [6.45, 7) is 3.44. The van der Waals surface area contributed by atoms with Gasteiger partial charge in [0.15, 0.2) is 9.84 Å². The van der Waals surface area contributed by atoms with E-state index in [2.05, 4.69) is 24.8 Å². The summed E-state index contributed by atoms with van der Waals surface area (Å²) >= 11 is 0. The zero-order valence-corrected chi connectivity index (χ0v) is 14.0. The second kappa shape index (κ2) is 6.19. The summed E-state index contributed by atoms with van der Waals surface area (Å²) < 4.78 is 24.0. The van der Waals surface area contributed by atoms with E-state index in [1.807, 2.05) is 13.0 Å². The van der Waals surface area contributed by atoms with Gasteiger partial charge in [0.1, 0.15) is 22.9 Å². The fraction of sp³-hybridized carbons (Fsp3) is 0.467. The summed E-state index contributed by atoms with van der Waals surface area (Å²) in [4.78, 5) is 19.1. The van der Waals surface area contributed by atoms with Gasteiger partial charge < -0.3 is 4.90 Å². The quantitative estimate of drug-likeness (QED) is 0.838. The second-order valence-electron chi connectivity index (χ2n) is 5.79. The van der Waals surface area contributed by atoms with Crippen molar-refractivity contribution in [1.82, 2.24) is 19.9 Å². The first-order valence-corrected chi connectivity index (χ1v) is 9.39. The van der Waals surface area contributed by atoms with Crippen molar-refractivity contribution in [3.05, 3.63) is 36.3 Å². The SMILES string of the molecule is Cc1nccc(N2CCC[C@H](c3ncncc3S(C)(=O)=O)C2)n1. The monoisotopic (exact) mass is 333 g/mol. The summed E-state index contributed by atoms with van der Waals surface area (Å²) in [6.07, 6.45) is 7.61. The van der Waals surface area contributed by atoms with Crippen molar-refractivity contribution in [2.75, 3.05) is 24.2 Å². The van der Waals surface area contributed by atoms with Crippen LogP contribution in [0.15, 0.2) is 29.7 Å². The van der Waals surface area contributed by atoms with Crippen LogP contribution in [-0.4, -0.2) is 47.7 Å². The molecule has 0 aromatic carbocycles. The van der Waals surface area contributed by atoms with E-state index in [-0.39, 0.29) is 10.8 Å². The molecule has 0 saturated carbocycles. The number of sulfone groups is 1. The maximum Gasteiger partial charge on any atom is 0.178 e. The molecule has 122 valence electrons. The van der Waals surface area contributed by atoms with E-state index >= 15 is 0 Å². The fourth-order valence-electron chi connectivity index (χ4n) is 2.95. The molecule has 23 heavy (non-hydrogen) atoms. The second-order valence-corrected chi connectivity index (χ2v) is 7.78. The fourth-order valence-corrected chi connectivity index (χ4v) is 3.80. The molecule has 1 fully saturated rings. The average Bonchev–Trinajstić information content (AvgIpc) is 2.54. The molecule has 1 aliphatic heterocycles. The topological polar surface area (TPSA) is 88.9 Å². The molecule has 8 heteroatoms. The van der Waals surface area contributed by atoms with Gasteiger partial charge in [0.2, 0.25) is 0 Å². The summed E-state index contributed by atoms with van der Waals surface area (Å²) in [5.74, 6) is 1.65. The minimum atomic E-state index is -3.34. The van der Waals surface area contributed by atoms with Crippen LogP contribution in [0.25, 0.3) is 0 Å². The molecule has 0 N–H and O–H groups in total. The van der Waals surface area contributed by atoms with Crippen LogP contribution in [0.2, 0.25) is 0 Å². The molecule has 0 spiro atoms. The van der Waals surface area contributed by atoms with Crippen LogP contribution in [0.3, 0.4) is 0 Å². The number of hydrogen-bond donors (Lipinski definition) is 0. The summed E-state index contributed by atoms with van der Waals surface area (Å²) in [6, 6.07) is 1.88. The highest BCUT2D eigenvalue weighted by Crippen LogP contribution is 2.31. The summed E-state index contributed by atoms with van der Waals surface area (Å²) in [5, 5.41) is 0.